The van der Waals surface area contributed by atoms with Crippen molar-refractivity contribution in [2.45, 2.75) is 34.1 Å². The molecule has 1 heterocycles. The average Bonchev–Trinajstić information content (AvgIpc) is 2.17. The van der Waals surface area contributed by atoms with E-state index in [1.54, 1.807) is 0 Å². The molecule has 1 aromatic heterocycles. The van der Waals surface area contributed by atoms with Gasteiger partial charge in [0.2, 0.25) is 0 Å². The van der Waals surface area contributed by atoms with Gasteiger partial charge in [-0.2, -0.15) is 0 Å². The van der Waals surface area contributed by atoms with E-state index in [-0.39, 0.29) is 0 Å². The van der Waals surface area contributed by atoms with Crippen LogP contribution in [-0.4, -0.2) is 5.16 Å². The lowest BCUT2D eigenvalue weighted by atomic mass is 10.4. The SMILES string of the molecule is CCC.Cc1cc(C)on1. The van der Waals surface area contributed by atoms with Gasteiger partial charge in [-0.1, -0.05) is 25.4 Å². The zero-order valence-corrected chi connectivity index (χ0v) is 7.14. The molecule has 0 aromatic carbocycles. The zero-order valence-electron chi connectivity index (χ0n) is 7.14. The second-order valence-electron chi connectivity index (χ2n) is 2.29. The Bertz CT molecular complexity index is 153. The Kier molecular flexibility index (Phi) is 4.63. The molecule has 0 aliphatic carbocycles. The van der Waals surface area contributed by atoms with E-state index < -0.39 is 0 Å². The molecular formula is C8H15NO. The van der Waals surface area contributed by atoms with Crippen molar-refractivity contribution in [2.24, 2.45) is 0 Å². The molecule has 0 atom stereocenters. The third-order valence-corrected chi connectivity index (χ3v) is 0.746. The van der Waals surface area contributed by atoms with Crippen molar-refractivity contribution in [3.05, 3.63) is 17.5 Å². The highest BCUT2D eigenvalue weighted by molar-refractivity contribution is 4.99. The minimum absolute atomic E-state index is 0.873. The summed E-state index contributed by atoms with van der Waals surface area (Å²) in [6.07, 6.45) is 1.25. The van der Waals surface area contributed by atoms with E-state index >= 15 is 0 Å². The lowest BCUT2D eigenvalue weighted by molar-refractivity contribution is 0.393. The van der Waals surface area contributed by atoms with Gasteiger partial charge in [-0.05, 0) is 13.8 Å². The summed E-state index contributed by atoms with van der Waals surface area (Å²) in [6.45, 7) is 8.02. The fourth-order valence-electron chi connectivity index (χ4n) is 0.491. The van der Waals surface area contributed by atoms with E-state index in [1.165, 1.54) is 6.42 Å². The van der Waals surface area contributed by atoms with Gasteiger partial charge in [0.1, 0.15) is 5.76 Å². The molecule has 0 unspecified atom stereocenters. The first-order chi connectivity index (χ1) is 4.70. The van der Waals surface area contributed by atoms with Crippen LogP contribution in [0.25, 0.3) is 0 Å². The Morgan fingerprint density at radius 2 is 1.90 bits per heavy atom. The molecule has 0 bridgehead atoms. The third kappa shape index (κ3) is 4.13. The van der Waals surface area contributed by atoms with Gasteiger partial charge in [-0.25, -0.2) is 0 Å². The summed E-state index contributed by atoms with van der Waals surface area (Å²) in [5, 5.41) is 3.64. The van der Waals surface area contributed by atoms with Crippen molar-refractivity contribution in [3.8, 4) is 0 Å². The maximum atomic E-state index is 4.71. The second-order valence-corrected chi connectivity index (χ2v) is 2.29. The summed E-state index contributed by atoms with van der Waals surface area (Å²) >= 11 is 0. The van der Waals surface area contributed by atoms with Crippen LogP contribution in [0.2, 0.25) is 0 Å². The van der Waals surface area contributed by atoms with E-state index in [0.717, 1.165) is 11.5 Å². The van der Waals surface area contributed by atoms with E-state index in [9.17, 15) is 0 Å². The Morgan fingerprint density at radius 1 is 1.40 bits per heavy atom. The lowest BCUT2D eigenvalue weighted by Gasteiger charge is -1.65. The third-order valence-electron chi connectivity index (χ3n) is 0.746. The summed E-state index contributed by atoms with van der Waals surface area (Å²) < 4.78 is 4.71. The average molecular weight is 141 g/mol. The highest BCUT2D eigenvalue weighted by Crippen LogP contribution is 1.96. The first-order valence-electron chi connectivity index (χ1n) is 3.60. The van der Waals surface area contributed by atoms with Crippen LogP contribution in [0, 0.1) is 13.8 Å². The first kappa shape index (κ1) is 9.21. The largest absolute Gasteiger partial charge is 0.361 e. The predicted octanol–water partition coefficient (Wildman–Crippen LogP) is 2.71. The Balaban J connectivity index is 0.000000236. The fraction of sp³-hybridized carbons (Fsp3) is 0.625. The lowest BCUT2D eigenvalue weighted by Crippen LogP contribution is -1.59. The number of aromatic nitrogens is 1. The van der Waals surface area contributed by atoms with Crippen LogP contribution in [0.3, 0.4) is 0 Å². The van der Waals surface area contributed by atoms with Gasteiger partial charge in [0, 0.05) is 6.07 Å². The Labute approximate surface area is 62.2 Å². The molecule has 10 heavy (non-hydrogen) atoms. The van der Waals surface area contributed by atoms with Gasteiger partial charge < -0.3 is 4.52 Å². The minimum atomic E-state index is 0.873. The van der Waals surface area contributed by atoms with Crippen LogP contribution in [0.5, 0.6) is 0 Å². The van der Waals surface area contributed by atoms with E-state index in [2.05, 4.69) is 19.0 Å². The maximum absolute atomic E-state index is 4.71. The topological polar surface area (TPSA) is 26.0 Å². The fourth-order valence-corrected chi connectivity index (χ4v) is 0.491. The molecular weight excluding hydrogens is 126 g/mol. The van der Waals surface area contributed by atoms with Crippen molar-refractivity contribution >= 4 is 0 Å². The molecule has 1 rings (SSSR count). The highest BCUT2D eigenvalue weighted by atomic mass is 16.5. The van der Waals surface area contributed by atoms with Gasteiger partial charge in [-0.3, -0.25) is 0 Å². The molecule has 0 spiro atoms. The molecule has 58 valence electrons. The zero-order chi connectivity index (χ0) is 7.98. The summed E-state index contributed by atoms with van der Waals surface area (Å²) in [4.78, 5) is 0. The van der Waals surface area contributed by atoms with Gasteiger partial charge in [0.05, 0.1) is 5.69 Å². The molecule has 0 amide bonds. The number of hydrogen-bond acceptors (Lipinski definition) is 2. The smallest absolute Gasteiger partial charge is 0.133 e. The molecule has 0 aliphatic rings. The first-order valence-corrected chi connectivity index (χ1v) is 3.60. The van der Waals surface area contributed by atoms with Crippen LogP contribution in [0.4, 0.5) is 0 Å². The molecule has 0 fully saturated rings. The molecule has 0 radical (unpaired) electrons. The molecule has 2 nitrogen and oxygen atoms in total. The molecule has 1 aromatic rings. The number of nitrogens with zero attached hydrogens (tertiary/aromatic N) is 1. The van der Waals surface area contributed by atoms with Crippen molar-refractivity contribution in [2.75, 3.05) is 0 Å². The monoisotopic (exact) mass is 141 g/mol. The molecule has 2 heteroatoms. The summed E-state index contributed by atoms with van der Waals surface area (Å²) in [7, 11) is 0. The Morgan fingerprint density at radius 3 is 2.00 bits per heavy atom. The van der Waals surface area contributed by atoms with E-state index in [0.29, 0.717) is 0 Å². The van der Waals surface area contributed by atoms with Crippen molar-refractivity contribution in [1.82, 2.24) is 5.16 Å². The van der Waals surface area contributed by atoms with Crippen LogP contribution >= 0.6 is 0 Å². The van der Waals surface area contributed by atoms with Crippen LogP contribution in [-0.2, 0) is 0 Å². The number of hydrogen-bond donors (Lipinski definition) is 0. The quantitative estimate of drug-likeness (QED) is 0.555. The predicted molar refractivity (Wildman–Crippen MR) is 41.9 cm³/mol. The van der Waals surface area contributed by atoms with Crippen molar-refractivity contribution in [1.29, 1.82) is 0 Å². The normalized spacial score (nSPS) is 8.40. The molecule has 0 aliphatic heterocycles. The van der Waals surface area contributed by atoms with Gasteiger partial charge in [0.15, 0.2) is 0 Å². The van der Waals surface area contributed by atoms with Crippen molar-refractivity contribution in [3.63, 3.8) is 0 Å². The summed E-state index contributed by atoms with van der Waals surface area (Å²) in [6, 6.07) is 1.89. The van der Waals surface area contributed by atoms with Crippen LogP contribution in [0.15, 0.2) is 10.6 Å². The van der Waals surface area contributed by atoms with Gasteiger partial charge in [-0.15, -0.1) is 0 Å². The summed E-state index contributed by atoms with van der Waals surface area (Å²) in [5.74, 6) is 0.873. The summed E-state index contributed by atoms with van der Waals surface area (Å²) in [5.41, 5.74) is 0.942. The highest BCUT2D eigenvalue weighted by Gasteiger charge is 1.88. The van der Waals surface area contributed by atoms with Crippen molar-refractivity contribution < 1.29 is 4.52 Å². The molecule has 0 saturated carbocycles. The van der Waals surface area contributed by atoms with Gasteiger partial charge in [0.25, 0.3) is 0 Å². The molecule has 0 saturated heterocycles. The molecule has 0 N–H and O–H groups in total. The van der Waals surface area contributed by atoms with Gasteiger partial charge >= 0.3 is 0 Å². The number of aryl methyl sites for hydroxylation is 2. The van der Waals surface area contributed by atoms with E-state index in [1.807, 2.05) is 19.9 Å². The standard InChI is InChI=1S/C5H7NO.C3H8/c1-4-3-5(2)7-6-4;1-3-2/h3H,1-2H3;3H2,1-2H3. The number of rotatable bonds is 0. The van der Waals surface area contributed by atoms with E-state index in [4.69, 9.17) is 4.52 Å². The second kappa shape index (κ2) is 5.03. The Hall–Kier alpha value is -0.790. The van der Waals surface area contributed by atoms with Crippen LogP contribution in [0.1, 0.15) is 31.7 Å². The maximum Gasteiger partial charge on any atom is 0.133 e. The minimum Gasteiger partial charge on any atom is -0.361 e. The van der Waals surface area contributed by atoms with Crippen LogP contribution < -0.4 is 0 Å².